The number of nitrogens with one attached hydrogen (secondary N) is 1. The summed E-state index contributed by atoms with van der Waals surface area (Å²) >= 11 is 13.1. The van der Waals surface area contributed by atoms with Gasteiger partial charge in [-0.05, 0) is 47.8 Å². The molecule has 0 aliphatic rings. The molecule has 2 aromatic carbocycles. The minimum atomic E-state index is -0.734. The van der Waals surface area contributed by atoms with Gasteiger partial charge in [-0.2, -0.15) is 0 Å². The van der Waals surface area contributed by atoms with Gasteiger partial charge < -0.3 is 10.1 Å². The summed E-state index contributed by atoms with van der Waals surface area (Å²) in [6.07, 6.45) is -0.378. The zero-order valence-corrected chi connectivity index (χ0v) is 17.1. The summed E-state index contributed by atoms with van der Waals surface area (Å²) in [4.78, 5) is 25.6. The lowest BCUT2D eigenvalue weighted by Crippen LogP contribution is -2.28. The van der Waals surface area contributed by atoms with E-state index in [1.165, 1.54) is 11.3 Å². The van der Waals surface area contributed by atoms with Gasteiger partial charge in [0.15, 0.2) is 6.10 Å². The molecule has 144 valence electrons. The number of carbonyl (C=O) groups is 2. The molecule has 1 heterocycles. The number of Topliss-reactive ketones (excluding diaryl/α,β-unsaturated/α-hetero) is 1. The first-order valence-corrected chi connectivity index (χ1v) is 10.3. The number of benzene rings is 2. The molecule has 0 aliphatic carbocycles. The Labute approximate surface area is 177 Å². The topological polar surface area (TPSA) is 55.4 Å². The molecule has 0 fully saturated rings. The summed E-state index contributed by atoms with van der Waals surface area (Å²) in [5.74, 6) is 0.382. The third-order valence-corrected chi connectivity index (χ3v) is 5.25. The predicted octanol–water partition coefficient (Wildman–Crippen LogP) is 5.91. The molecule has 7 heteroatoms. The number of thiophene rings is 1. The van der Waals surface area contributed by atoms with E-state index < -0.39 is 6.10 Å². The van der Waals surface area contributed by atoms with Crippen molar-refractivity contribution in [3.05, 3.63) is 81.5 Å². The van der Waals surface area contributed by atoms with E-state index in [1.807, 2.05) is 11.4 Å². The van der Waals surface area contributed by atoms with Crippen molar-refractivity contribution in [3.8, 4) is 5.75 Å². The molecule has 28 heavy (non-hydrogen) atoms. The summed E-state index contributed by atoms with van der Waals surface area (Å²) in [5, 5.41) is 5.22. The molecule has 0 aliphatic heterocycles. The second kappa shape index (κ2) is 9.73. The van der Waals surface area contributed by atoms with E-state index in [0.717, 1.165) is 0 Å². The monoisotopic (exact) mass is 433 g/mol. The van der Waals surface area contributed by atoms with Crippen molar-refractivity contribution in [1.29, 1.82) is 0 Å². The zero-order valence-electron chi connectivity index (χ0n) is 14.7. The number of hydrogen-bond acceptors (Lipinski definition) is 4. The van der Waals surface area contributed by atoms with Gasteiger partial charge in [0, 0.05) is 34.6 Å². The molecule has 3 aromatic rings. The molecule has 1 aromatic heterocycles. The molecular formula is C21H17Cl2NO3S. The second-order valence-electron chi connectivity index (χ2n) is 5.91. The van der Waals surface area contributed by atoms with E-state index in [9.17, 15) is 9.59 Å². The molecule has 0 saturated heterocycles. The van der Waals surface area contributed by atoms with Gasteiger partial charge in [-0.25, -0.2) is 0 Å². The molecule has 1 atom stereocenters. The highest BCUT2D eigenvalue weighted by atomic mass is 35.5. The van der Waals surface area contributed by atoms with E-state index in [1.54, 1.807) is 54.6 Å². The first-order chi connectivity index (χ1) is 13.6. The Hall–Kier alpha value is -2.34. The Morgan fingerprint density at radius 3 is 2.54 bits per heavy atom. The normalized spacial score (nSPS) is 11.6. The quantitative estimate of drug-likeness (QED) is 0.354. The van der Waals surface area contributed by atoms with Gasteiger partial charge in [0.25, 0.3) is 5.91 Å². The van der Waals surface area contributed by atoms with Crippen LogP contribution in [-0.4, -0.2) is 23.7 Å². The van der Waals surface area contributed by atoms with Crippen LogP contribution in [0.5, 0.6) is 5.75 Å². The fourth-order valence-electron chi connectivity index (χ4n) is 2.55. The van der Waals surface area contributed by atoms with Crippen LogP contribution in [0, 0.1) is 0 Å². The smallest absolute Gasteiger partial charge is 0.265 e. The summed E-state index contributed by atoms with van der Waals surface area (Å²) < 4.78 is 5.90. The van der Waals surface area contributed by atoms with Crippen LogP contribution in [0.1, 0.15) is 26.5 Å². The molecular weight excluding hydrogens is 417 g/mol. The van der Waals surface area contributed by atoms with Gasteiger partial charge in [-0.3, -0.25) is 9.59 Å². The summed E-state index contributed by atoms with van der Waals surface area (Å²) in [5.41, 5.74) is 1.08. The van der Waals surface area contributed by atoms with Crippen molar-refractivity contribution in [3.63, 3.8) is 0 Å². The third kappa shape index (κ3) is 5.35. The van der Waals surface area contributed by atoms with E-state index in [-0.39, 0.29) is 17.6 Å². The van der Waals surface area contributed by atoms with Crippen molar-refractivity contribution in [2.75, 3.05) is 11.2 Å². The first kappa shape index (κ1) is 20.4. The Morgan fingerprint density at radius 1 is 1.07 bits per heavy atom. The van der Waals surface area contributed by atoms with Crippen LogP contribution >= 0.6 is 34.5 Å². The van der Waals surface area contributed by atoms with Crippen LogP contribution < -0.4 is 10.1 Å². The lowest BCUT2D eigenvalue weighted by Gasteiger charge is -2.18. The van der Waals surface area contributed by atoms with E-state index in [0.29, 0.717) is 33.3 Å². The predicted molar refractivity (Wildman–Crippen MR) is 114 cm³/mol. The Morgan fingerprint density at radius 2 is 1.86 bits per heavy atom. The van der Waals surface area contributed by atoms with Crippen LogP contribution in [0.2, 0.25) is 5.02 Å². The van der Waals surface area contributed by atoms with Crippen LogP contribution in [0.3, 0.4) is 0 Å². The number of ether oxygens (including phenoxy) is 1. The van der Waals surface area contributed by atoms with Crippen molar-refractivity contribution in [2.45, 2.75) is 12.5 Å². The van der Waals surface area contributed by atoms with Crippen molar-refractivity contribution >= 4 is 51.9 Å². The maximum absolute atomic E-state index is 12.8. The van der Waals surface area contributed by atoms with Gasteiger partial charge in [-0.15, -0.1) is 22.9 Å². The average molecular weight is 434 g/mol. The Bertz CT molecular complexity index is 943. The molecule has 3 rings (SSSR count). The zero-order chi connectivity index (χ0) is 19.9. The molecule has 1 N–H and O–H groups in total. The van der Waals surface area contributed by atoms with Crippen molar-refractivity contribution < 1.29 is 14.3 Å². The molecule has 0 radical (unpaired) electrons. The maximum Gasteiger partial charge on any atom is 0.265 e. The van der Waals surface area contributed by atoms with Crippen LogP contribution in [0.15, 0.2) is 66.0 Å². The average Bonchev–Trinajstić information content (AvgIpc) is 3.23. The highest BCUT2D eigenvalue weighted by Gasteiger charge is 2.22. The lowest BCUT2D eigenvalue weighted by atomic mass is 10.0. The Kier molecular flexibility index (Phi) is 7.09. The van der Waals surface area contributed by atoms with Gasteiger partial charge in [0.2, 0.25) is 5.78 Å². The first-order valence-electron chi connectivity index (χ1n) is 8.54. The summed E-state index contributed by atoms with van der Waals surface area (Å²) in [6.45, 7) is 0. The maximum atomic E-state index is 12.8. The molecule has 1 amide bonds. The number of halogens is 2. The van der Waals surface area contributed by atoms with E-state index in [2.05, 4.69) is 5.32 Å². The van der Waals surface area contributed by atoms with Crippen molar-refractivity contribution in [1.82, 2.24) is 0 Å². The van der Waals surface area contributed by atoms with E-state index in [4.69, 9.17) is 27.9 Å². The number of amides is 1. The minimum absolute atomic E-state index is 0.176. The largest absolute Gasteiger partial charge is 0.482 e. The number of rotatable bonds is 8. The van der Waals surface area contributed by atoms with Crippen LogP contribution in [-0.2, 0) is 0 Å². The lowest BCUT2D eigenvalue weighted by molar-refractivity contribution is 0.0787. The molecule has 1 unspecified atom stereocenters. The van der Waals surface area contributed by atoms with Crippen LogP contribution in [0.4, 0.5) is 5.69 Å². The molecule has 0 saturated carbocycles. The fraction of sp³-hybridized carbons (Fsp3) is 0.143. The summed E-state index contributed by atoms with van der Waals surface area (Å²) in [7, 11) is 0. The molecule has 0 spiro atoms. The van der Waals surface area contributed by atoms with Crippen molar-refractivity contribution in [2.24, 2.45) is 0 Å². The molecule has 4 nitrogen and oxygen atoms in total. The van der Waals surface area contributed by atoms with Crippen LogP contribution in [0.25, 0.3) is 0 Å². The highest BCUT2D eigenvalue weighted by molar-refractivity contribution is 7.12. The minimum Gasteiger partial charge on any atom is -0.482 e. The van der Waals surface area contributed by atoms with Gasteiger partial charge in [0.05, 0.1) is 4.88 Å². The number of alkyl halides is 1. The summed E-state index contributed by atoms with van der Waals surface area (Å²) in [6, 6.07) is 17.1. The SMILES string of the molecule is O=C(Nc1cccc(OC(CCCl)C(=O)c2ccc(Cl)cc2)c1)c1cccs1. The fourth-order valence-corrected chi connectivity index (χ4v) is 3.50. The molecule has 0 bridgehead atoms. The standard InChI is InChI=1S/C21H17Cl2NO3S/c22-11-10-18(20(25)14-6-8-15(23)9-7-14)27-17-4-1-3-16(13-17)24-21(26)19-5-2-12-28-19/h1-9,12-13,18H,10-11H2,(H,24,26). The number of carbonyl (C=O) groups excluding carboxylic acids is 2. The second-order valence-corrected chi connectivity index (χ2v) is 7.68. The number of anilines is 1. The van der Waals surface area contributed by atoms with Gasteiger partial charge in [-0.1, -0.05) is 23.7 Å². The van der Waals surface area contributed by atoms with Gasteiger partial charge >= 0.3 is 0 Å². The third-order valence-electron chi connectivity index (χ3n) is 3.91. The number of hydrogen-bond donors (Lipinski definition) is 1. The van der Waals surface area contributed by atoms with Gasteiger partial charge in [0.1, 0.15) is 5.75 Å². The number of ketones is 1. The van der Waals surface area contributed by atoms with E-state index >= 15 is 0 Å². The highest BCUT2D eigenvalue weighted by Crippen LogP contribution is 2.22. The Balaban J connectivity index is 1.73.